The molecular weight excluding hydrogens is 276 g/mol. The number of hydrogen-bond donors (Lipinski definition) is 2. The van der Waals surface area contributed by atoms with Gasteiger partial charge in [-0.3, -0.25) is 0 Å². The van der Waals surface area contributed by atoms with Gasteiger partial charge in [0.1, 0.15) is 0 Å². The highest BCUT2D eigenvalue weighted by molar-refractivity contribution is 9.10. The third kappa shape index (κ3) is 3.38. The van der Waals surface area contributed by atoms with Crippen molar-refractivity contribution >= 4 is 27.3 Å². The van der Waals surface area contributed by atoms with Crippen molar-refractivity contribution in [2.24, 2.45) is 5.41 Å². The SMILES string of the molecule is CC1(C)CCC(Nc2ccc(N)cc2Br)CC1. The number of benzene rings is 1. The van der Waals surface area contributed by atoms with Gasteiger partial charge in [0.05, 0.1) is 0 Å². The molecule has 0 bridgehead atoms. The van der Waals surface area contributed by atoms with Crippen molar-refractivity contribution in [3.8, 4) is 0 Å². The minimum atomic E-state index is 0.524. The number of nitrogens with one attached hydrogen (secondary N) is 1. The second-order valence-corrected chi connectivity index (χ2v) is 6.68. The van der Waals surface area contributed by atoms with E-state index < -0.39 is 0 Å². The maximum absolute atomic E-state index is 5.74. The molecule has 1 aliphatic rings. The van der Waals surface area contributed by atoms with Crippen LogP contribution in [0.5, 0.6) is 0 Å². The third-order valence-electron chi connectivity index (χ3n) is 3.69. The van der Waals surface area contributed by atoms with Crippen molar-refractivity contribution in [3.63, 3.8) is 0 Å². The Hall–Kier alpha value is -0.700. The fourth-order valence-electron chi connectivity index (χ4n) is 2.41. The Labute approximate surface area is 112 Å². The smallest absolute Gasteiger partial charge is 0.0488 e. The Morgan fingerprint density at radius 1 is 1.29 bits per heavy atom. The summed E-state index contributed by atoms with van der Waals surface area (Å²) in [6.07, 6.45) is 5.11. The monoisotopic (exact) mass is 296 g/mol. The number of nitrogens with two attached hydrogens (primary N) is 1. The molecule has 1 aliphatic carbocycles. The van der Waals surface area contributed by atoms with Crippen LogP contribution in [0.15, 0.2) is 22.7 Å². The van der Waals surface area contributed by atoms with E-state index in [0.717, 1.165) is 15.8 Å². The zero-order chi connectivity index (χ0) is 12.5. The van der Waals surface area contributed by atoms with Gasteiger partial charge in [0.15, 0.2) is 0 Å². The Morgan fingerprint density at radius 2 is 1.94 bits per heavy atom. The normalized spacial score (nSPS) is 20.2. The Bertz CT molecular complexity index is 391. The molecule has 0 aliphatic heterocycles. The lowest BCUT2D eigenvalue weighted by Crippen LogP contribution is -2.29. The molecule has 1 saturated carbocycles. The van der Waals surface area contributed by atoms with Crippen LogP contribution in [-0.2, 0) is 0 Å². The molecule has 2 nitrogen and oxygen atoms in total. The molecule has 3 N–H and O–H groups in total. The molecule has 1 fully saturated rings. The Kier molecular flexibility index (Phi) is 3.67. The fourth-order valence-corrected chi connectivity index (χ4v) is 2.92. The zero-order valence-electron chi connectivity index (χ0n) is 10.6. The van der Waals surface area contributed by atoms with Crippen molar-refractivity contribution in [1.29, 1.82) is 0 Å². The molecule has 0 unspecified atom stereocenters. The molecule has 0 saturated heterocycles. The van der Waals surface area contributed by atoms with E-state index in [1.807, 2.05) is 12.1 Å². The van der Waals surface area contributed by atoms with E-state index >= 15 is 0 Å². The minimum absolute atomic E-state index is 0.524. The molecule has 0 aromatic heterocycles. The van der Waals surface area contributed by atoms with Gasteiger partial charge in [-0.1, -0.05) is 13.8 Å². The summed E-state index contributed by atoms with van der Waals surface area (Å²) >= 11 is 3.55. The lowest BCUT2D eigenvalue weighted by molar-refractivity contribution is 0.232. The molecule has 3 heteroatoms. The van der Waals surface area contributed by atoms with Gasteiger partial charge in [-0.15, -0.1) is 0 Å². The second-order valence-electron chi connectivity index (χ2n) is 5.82. The first-order chi connectivity index (χ1) is 7.96. The van der Waals surface area contributed by atoms with Gasteiger partial charge in [-0.05, 0) is 65.2 Å². The van der Waals surface area contributed by atoms with Crippen molar-refractivity contribution < 1.29 is 0 Å². The molecule has 0 heterocycles. The van der Waals surface area contributed by atoms with Crippen LogP contribution in [0.4, 0.5) is 11.4 Å². The van der Waals surface area contributed by atoms with Crippen LogP contribution >= 0.6 is 15.9 Å². The summed E-state index contributed by atoms with van der Waals surface area (Å²) in [5.41, 5.74) is 8.22. The number of nitrogen functional groups attached to an aromatic ring is 1. The van der Waals surface area contributed by atoms with Crippen LogP contribution < -0.4 is 11.1 Å². The van der Waals surface area contributed by atoms with Gasteiger partial charge in [0, 0.05) is 21.9 Å². The highest BCUT2D eigenvalue weighted by atomic mass is 79.9. The number of anilines is 2. The topological polar surface area (TPSA) is 38.0 Å². The first-order valence-electron chi connectivity index (χ1n) is 6.28. The first-order valence-corrected chi connectivity index (χ1v) is 7.07. The van der Waals surface area contributed by atoms with E-state index in [0.29, 0.717) is 11.5 Å². The predicted octanol–water partition coefficient (Wildman–Crippen LogP) is 4.41. The van der Waals surface area contributed by atoms with Crippen LogP contribution in [0.1, 0.15) is 39.5 Å². The van der Waals surface area contributed by atoms with Crippen LogP contribution in [-0.4, -0.2) is 6.04 Å². The summed E-state index contributed by atoms with van der Waals surface area (Å²) in [5.74, 6) is 0. The molecule has 2 rings (SSSR count). The fraction of sp³-hybridized carbons (Fsp3) is 0.571. The molecule has 0 amide bonds. The van der Waals surface area contributed by atoms with E-state index in [4.69, 9.17) is 5.73 Å². The maximum atomic E-state index is 5.74. The Morgan fingerprint density at radius 3 is 2.53 bits per heavy atom. The summed E-state index contributed by atoms with van der Waals surface area (Å²) in [6, 6.07) is 6.55. The summed E-state index contributed by atoms with van der Waals surface area (Å²) < 4.78 is 1.06. The molecule has 1 aromatic rings. The van der Waals surface area contributed by atoms with Gasteiger partial charge in [-0.2, -0.15) is 0 Å². The van der Waals surface area contributed by atoms with E-state index in [2.05, 4.69) is 41.2 Å². The molecule has 17 heavy (non-hydrogen) atoms. The van der Waals surface area contributed by atoms with Gasteiger partial charge in [0.25, 0.3) is 0 Å². The molecule has 0 atom stereocenters. The van der Waals surface area contributed by atoms with Crippen molar-refractivity contribution in [3.05, 3.63) is 22.7 Å². The van der Waals surface area contributed by atoms with E-state index in [-0.39, 0.29) is 0 Å². The van der Waals surface area contributed by atoms with Gasteiger partial charge >= 0.3 is 0 Å². The third-order valence-corrected chi connectivity index (χ3v) is 4.35. The quantitative estimate of drug-likeness (QED) is 0.793. The minimum Gasteiger partial charge on any atom is -0.399 e. The average molecular weight is 297 g/mol. The van der Waals surface area contributed by atoms with Gasteiger partial charge in [0.2, 0.25) is 0 Å². The lowest BCUT2D eigenvalue weighted by Gasteiger charge is -2.35. The average Bonchev–Trinajstić information content (AvgIpc) is 2.25. The zero-order valence-corrected chi connectivity index (χ0v) is 12.2. The van der Waals surface area contributed by atoms with E-state index in [1.165, 1.54) is 25.7 Å². The van der Waals surface area contributed by atoms with Crippen LogP contribution in [0.2, 0.25) is 0 Å². The van der Waals surface area contributed by atoms with Gasteiger partial charge in [-0.25, -0.2) is 0 Å². The summed E-state index contributed by atoms with van der Waals surface area (Å²) in [6.45, 7) is 4.73. The Balaban J connectivity index is 1.98. The predicted molar refractivity (Wildman–Crippen MR) is 78.2 cm³/mol. The second kappa shape index (κ2) is 4.89. The maximum Gasteiger partial charge on any atom is 0.0488 e. The number of rotatable bonds is 2. The van der Waals surface area contributed by atoms with Crippen molar-refractivity contribution in [2.75, 3.05) is 11.1 Å². The molecule has 94 valence electrons. The molecule has 1 aromatic carbocycles. The van der Waals surface area contributed by atoms with E-state index in [1.54, 1.807) is 0 Å². The molecule has 0 radical (unpaired) electrons. The number of hydrogen-bond acceptors (Lipinski definition) is 2. The van der Waals surface area contributed by atoms with Crippen LogP contribution in [0.25, 0.3) is 0 Å². The lowest BCUT2D eigenvalue weighted by atomic mass is 9.75. The highest BCUT2D eigenvalue weighted by Gasteiger charge is 2.26. The molecular formula is C14H21BrN2. The summed E-state index contributed by atoms with van der Waals surface area (Å²) in [7, 11) is 0. The van der Waals surface area contributed by atoms with E-state index in [9.17, 15) is 0 Å². The largest absolute Gasteiger partial charge is 0.399 e. The van der Waals surface area contributed by atoms with Gasteiger partial charge < -0.3 is 11.1 Å². The number of halogens is 1. The van der Waals surface area contributed by atoms with Crippen molar-refractivity contribution in [2.45, 2.75) is 45.6 Å². The van der Waals surface area contributed by atoms with Crippen molar-refractivity contribution in [1.82, 2.24) is 0 Å². The summed E-state index contributed by atoms with van der Waals surface area (Å²) in [5, 5.41) is 3.61. The summed E-state index contributed by atoms with van der Waals surface area (Å²) in [4.78, 5) is 0. The van der Waals surface area contributed by atoms with Crippen LogP contribution in [0.3, 0.4) is 0 Å². The van der Waals surface area contributed by atoms with Crippen LogP contribution in [0, 0.1) is 5.41 Å². The first kappa shape index (κ1) is 12.7. The molecule has 0 spiro atoms. The standard InChI is InChI=1S/C14H21BrN2/c1-14(2)7-5-11(6-8-14)17-13-4-3-10(16)9-12(13)15/h3-4,9,11,17H,5-8,16H2,1-2H3. The highest BCUT2D eigenvalue weighted by Crippen LogP contribution is 2.37.